The number of rotatable bonds is 0. The summed E-state index contributed by atoms with van der Waals surface area (Å²) in [6, 6.07) is 0. The number of halogens is 6. The van der Waals surface area contributed by atoms with Crippen LogP contribution in [0.1, 0.15) is 69.2 Å². The van der Waals surface area contributed by atoms with E-state index >= 15 is 0 Å². The van der Waals surface area contributed by atoms with E-state index in [2.05, 4.69) is 81.4 Å². The molecule has 0 bridgehead atoms. The van der Waals surface area contributed by atoms with Crippen molar-refractivity contribution >= 4 is 7.81 Å². The van der Waals surface area contributed by atoms with Crippen LogP contribution in [0.15, 0.2) is 33.4 Å². The third-order valence-corrected chi connectivity index (χ3v) is 5.12. The molecule has 0 amide bonds. The van der Waals surface area contributed by atoms with Crippen molar-refractivity contribution in [2.45, 2.75) is 69.2 Å². The first-order valence-electron chi connectivity index (χ1n) is 8.51. The Labute approximate surface area is 175 Å². The molecule has 0 spiro atoms. The van der Waals surface area contributed by atoms with E-state index in [0.29, 0.717) is 0 Å². The summed E-state index contributed by atoms with van der Waals surface area (Å²) in [6.07, 6.45) is 6.87. The molecule has 2 rings (SSSR count). The van der Waals surface area contributed by atoms with Crippen molar-refractivity contribution in [1.82, 2.24) is 0 Å². The first kappa shape index (κ1) is 29.7. The molecule has 0 fully saturated rings. The fourth-order valence-electron chi connectivity index (χ4n) is 2.81. The van der Waals surface area contributed by atoms with Crippen molar-refractivity contribution in [3.63, 3.8) is 0 Å². The third kappa shape index (κ3) is 10.9. The number of hydrogen-bond donors (Lipinski definition) is 0. The summed E-state index contributed by atoms with van der Waals surface area (Å²) in [5, 5.41) is 0. The van der Waals surface area contributed by atoms with E-state index in [0.717, 1.165) is 0 Å². The molecule has 0 N–H and O–H groups in total. The molecule has 0 aromatic carbocycles. The Kier molecular flexibility index (Phi) is 8.43. The van der Waals surface area contributed by atoms with E-state index < -0.39 is 7.81 Å². The molecule has 166 valence electrons. The number of allylic oxidation sites excluding steroid dienone is 8. The molecule has 0 aromatic heterocycles. The van der Waals surface area contributed by atoms with Gasteiger partial charge in [0.25, 0.3) is 0 Å². The molecule has 8 heteroatoms. The van der Waals surface area contributed by atoms with Crippen molar-refractivity contribution in [2.24, 2.45) is 10.8 Å². The molecular formula is C20H30CoF6P. The van der Waals surface area contributed by atoms with E-state index in [-0.39, 0.29) is 27.6 Å². The van der Waals surface area contributed by atoms with Gasteiger partial charge in [-0.3, -0.25) is 12.2 Å². The standard InChI is InChI=1S/2C10H15.Co.F6P/c2*1-7-6-10(4,5)9(3)8(7)2;;1-7(2,3,4,5)6/h2*1-5H3;;/q2*-1;+3;-1. The van der Waals surface area contributed by atoms with Crippen LogP contribution in [0.3, 0.4) is 0 Å². The van der Waals surface area contributed by atoms with Crippen LogP contribution < -0.4 is 0 Å². The van der Waals surface area contributed by atoms with E-state index in [1.54, 1.807) is 0 Å². The Hall–Kier alpha value is -0.524. The van der Waals surface area contributed by atoms with E-state index in [1.807, 2.05) is 0 Å². The second-order valence-corrected chi connectivity index (χ2v) is 10.1. The molecule has 0 saturated carbocycles. The molecule has 0 radical (unpaired) electrons. The first-order valence-corrected chi connectivity index (χ1v) is 10.5. The summed E-state index contributed by atoms with van der Waals surface area (Å²) in [5.74, 6) is 0. The van der Waals surface area contributed by atoms with Crippen LogP contribution >= 0.6 is 7.81 Å². The maximum Gasteiger partial charge on any atom is 3.00 e. The zero-order valence-corrected chi connectivity index (χ0v) is 20.0. The molecular weight excluding hydrogens is 444 g/mol. The SMILES string of the molecule is CC1=[C-]C(C)(C)C(C)=C1C.CC1=[C-]C(C)(C)C(C)=C1C.F[P-](F)(F)(F)(F)F.[Co+3]. The Balaban J connectivity index is 0. The number of hydrogen-bond acceptors (Lipinski definition) is 0. The fraction of sp³-hybridized carbons (Fsp3) is 0.600. The normalized spacial score (nSPS) is 22.6. The Morgan fingerprint density at radius 1 is 0.571 bits per heavy atom. The Morgan fingerprint density at radius 2 is 0.750 bits per heavy atom. The van der Waals surface area contributed by atoms with Gasteiger partial charge in [-0.1, -0.05) is 66.2 Å². The zero-order valence-electron chi connectivity index (χ0n) is 18.0. The summed E-state index contributed by atoms with van der Waals surface area (Å²) < 4.78 is 59.2. The Morgan fingerprint density at radius 3 is 0.786 bits per heavy atom. The maximum atomic E-state index is 9.87. The summed E-state index contributed by atoms with van der Waals surface area (Å²) in [4.78, 5) is 0. The van der Waals surface area contributed by atoms with Gasteiger partial charge in [-0.25, -0.2) is 11.1 Å². The van der Waals surface area contributed by atoms with Crippen LogP contribution in [-0.2, 0) is 16.8 Å². The molecule has 28 heavy (non-hydrogen) atoms. The van der Waals surface area contributed by atoms with Crippen LogP contribution in [0.2, 0.25) is 0 Å². The van der Waals surface area contributed by atoms with E-state index in [4.69, 9.17) is 0 Å². The van der Waals surface area contributed by atoms with E-state index in [9.17, 15) is 25.2 Å². The van der Waals surface area contributed by atoms with Gasteiger partial charge in [0.05, 0.1) is 0 Å². The van der Waals surface area contributed by atoms with Crippen molar-refractivity contribution in [2.75, 3.05) is 0 Å². The second kappa shape index (κ2) is 7.96. The fourth-order valence-corrected chi connectivity index (χ4v) is 2.81. The van der Waals surface area contributed by atoms with Crippen LogP contribution in [0.4, 0.5) is 25.2 Å². The molecule has 0 unspecified atom stereocenters. The van der Waals surface area contributed by atoms with Crippen LogP contribution in [0.5, 0.6) is 0 Å². The van der Waals surface area contributed by atoms with Crippen molar-refractivity contribution in [3.05, 3.63) is 45.6 Å². The van der Waals surface area contributed by atoms with Crippen molar-refractivity contribution in [3.8, 4) is 0 Å². The minimum Gasteiger partial charge on any atom is 3.00 e. The monoisotopic (exact) mass is 474 g/mol. The molecule has 0 heterocycles. The van der Waals surface area contributed by atoms with Crippen molar-refractivity contribution < 1.29 is 42.0 Å². The largest absolute Gasteiger partial charge is 3.00 e. The van der Waals surface area contributed by atoms with Crippen molar-refractivity contribution in [1.29, 1.82) is 0 Å². The topological polar surface area (TPSA) is 0 Å². The van der Waals surface area contributed by atoms with Gasteiger partial charge in [0.1, 0.15) is 0 Å². The summed E-state index contributed by atoms with van der Waals surface area (Å²) in [5.41, 5.74) is 8.79. The summed E-state index contributed by atoms with van der Waals surface area (Å²) in [7, 11) is -10.7. The van der Waals surface area contributed by atoms with Gasteiger partial charge in [0.15, 0.2) is 0 Å². The molecule has 0 nitrogen and oxygen atoms in total. The van der Waals surface area contributed by atoms with Crippen LogP contribution in [0, 0.1) is 23.0 Å². The first-order chi connectivity index (χ1) is 11.3. The van der Waals surface area contributed by atoms with Gasteiger partial charge in [-0.15, -0.1) is 13.8 Å². The predicted molar refractivity (Wildman–Crippen MR) is 103 cm³/mol. The third-order valence-electron chi connectivity index (χ3n) is 5.12. The minimum absolute atomic E-state index is 0. The molecule has 0 aromatic rings. The second-order valence-electron chi connectivity index (χ2n) is 8.21. The maximum absolute atomic E-state index is 10.7. The quantitative estimate of drug-likeness (QED) is 0.186. The van der Waals surface area contributed by atoms with Crippen LogP contribution in [0.25, 0.3) is 0 Å². The summed E-state index contributed by atoms with van der Waals surface area (Å²) >= 11 is 0. The summed E-state index contributed by atoms with van der Waals surface area (Å²) in [6.45, 7) is 21.8. The van der Waals surface area contributed by atoms with Gasteiger partial charge in [0, 0.05) is 0 Å². The zero-order chi connectivity index (χ0) is 22.3. The Bertz CT molecular complexity index is 671. The van der Waals surface area contributed by atoms with Gasteiger partial charge in [-0.05, 0) is 0 Å². The van der Waals surface area contributed by atoms with Gasteiger partial charge >= 0.3 is 49.8 Å². The van der Waals surface area contributed by atoms with Crippen LogP contribution in [-0.4, -0.2) is 0 Å². The molecule has 0 aliphatic heterocycles. The average molecular weight is 474 g/mol. The predicted octanol–water partition coefficient (Wildman–Crippen LogP) is 9.60. The average Bonchev–Trinajstić information content (AvgIpc) is 2.66. The van der Waals surface area contributed by atoms with E-state index in [1.165, 1.54) is 33.4 Å². The molecule has 2 aliphatic carbocycles. The van der Waals surface area contributed by atoms with Gasteiger partial charge in [-0.2, -0.15) is 22.3 Å². The smallest absolute Gasteiger partial charge is 3.00 e. The minimum atomic E-state index is -10.7. The van der Waals surface area contributed by atoms with Gasteiger partial charge < -0.3 is 0 Å². The molecule has 0 atom stereocenters. The van der Waals surface area contributed by atoms with Gasteiger partial charge in [0.2, 0.25) is 0 Å². The molecule has 0 saturated heterocycles. The molecule has 2 aliphatic rings.